The molecule has 0 saturated carbocycles. The van der Waals surface area contributed by atoms with E-state index >= 15 is 0 Å². The average Bonchev–Trinajstić information content (AvgIpc) is 2.13. The minimum atomic E-state index is 0.181. The number of ether oxygens (including phenoxy) is 1. The first-order chi connectivity index (χ1) is 6.65. The van der Waals surface area contributed by atoms with Crippen LogP contribution in [0.2, 0.25) is 5.02 Å². The van der Waals surface area contributed by atoms with Crippen LogP contribution in [0.1, 0.15) is 26.7 Å². The summed E-state index contributed by atoms with van der Waals surface area (Å²) in [4.78, 5) is 0. The molecule has 1 aromatic carbocycles. The van der Waals surface area contributed by atoms with Gasteiger partial charge in [0.25, 0.3) is 0 Å². The molecule has 1 aromatic rings. The fourth-order valence-electron chi connectivity index (χ4n) is 1.30. The smallest absolute Gasteiger partial charge is 0.144 e. The zero-order valence-corrected chi connectivity index (χ0v) is 9.34. The van der Waals surface area contributed by atoms with Gasteiger partial charge in [0, 0.05) is 0 Å². The summed E-state index contributed by atoms with van der Waals surface area (Å²) in [6.45, 7) is 4.16. The molecule has 2 nitrogen and oxygen atoms in total. The number of para-hydroxylation sites is 1. The Hall–Kier alpha value is -0.890. The molecule has 0 radical (unpaired) electrons. The summed E-state index contributed by atoms with van der Waals surface area (Å²) < 4.78 is 5.66. The van der Waals surface area contributed by atoms with Gasteiger partial charge in [-0.2, -0.15) is 0 Å². The molecular formula is C11H16ClNO. The average molecular weight is 214 g/mol. The van der Waals surface area contributed by atoms with Crippen molar-refractivity contribution in [3.05, 3.63) is 23.2 Å². The van der Waals surface area contributed by atoms with Gasteiger partial charge >= 0.3 is 0 Å². The van der Waals surface area contributed by atoms with E-state index in [1.54, 1.807) is 6.07 Å². The first kappa shape index (κ1) is 11.2. The van der Waals surface area contributed by atoms with Crippen LogP contribution < -0.4 is 10.5 Å². The van der Waals surface area contributed by atoms with Gasteiger partial charge in [-0.05, 0) is 25.5 Å². The van der Waals surface area contributed by atoms with Gasteiger partial charge < -0.3 is 10.5 Å². The normalized spacial score (nSPS) is 12.5. The first-order valence-electron chi connectivity index (χ1n) is 4.85. The molecule has 1 unspecified atom stereocenters. The van der Waals surface area contributed by atoms with Crippen LogP contribution in [-0.4, -0.2) is 6.10 Å². The monoisotopic (exact) mass is 213 g/mol. The van der Waals surface area contributed by atoms with E-state index in [1.807, 2.05) is 19.1 Å². The molecule has 1 rings (SSSR count). The number of halogens is 1. The lowest BCUT2D eigenvalue weighted by atomic mass is 10.2. The predicted molar refractivity (Wildman–Crippen MR) is 60.9 cm³/mol. The maximum Gasteiger partial charge on any atom is 0.144 e. The summed E-state index contributed by atoms with van der Waals surface area (Å²) in [6, 6.07) is 5.44. The van der Waals surface area contributed by atoms with Crippen molar-refractivity contribution < 1.29 is 4.74 Å². The lowest BCUT2D eigenvalue weighted by molar-refractivity contribution is 0.211. The van der Waals surface area contributed by atoms with Gasteiger partial charge in [-0.25, -0.2) is 0 Å². The second-order valence-electron chi connectivity index (χ2n) is 3.37. The molecular weight excluding hydrogens is 198 g/mol. The van der Waals surface area contributed by atoms with E-state index in [0.29, 0.717) is 16.5 Å². The summed E-state index contributed by atoms with van der Waals surface area (Å²) in [7, 11) is 0. The number of anilines is 1. The first-order valence-corrected chi connectivity index (χ1v) is 5.23. The topological polar surface area (TPSA) is 35.2 Å². The minimum Gasteiger partial charge on any atom is -0.489 e. The zero-order chi connectivity index (χ0) is 10.6. The van der Waals surface area contributed by atoms with E-state index in [4.69, 9.17) is 22.1 Å². The Labute approximate surface area is 90.0 Å². The van der Waals surface area contributed by atoms with E-state index in [1.165, 1.54) is 0 Å². The highest BCUT2D eigenvalue weighted by Crippen LogP contribution is 2.29. The summed E-state index contributed by atoms with van der Waals surface area (Å²) >= 11 is 5.87. The van der Waals surface area contributed by atoms with Crippen LogP contribution in [0.5, 0.6) is 5.75 Å². The highest BCUT2D eigenvalue weighted by atomic mass is 35.5. The third-order valence-corrected chi connectivity index (χ3v) is 2.37. The van der Waals surface area contributed by atoms with Crippen molar-refractivity contribution in [2.75, 3.05) is 5.73 Å². The van der Waals surface area contributed by atoms with Crippen LogP contribution in [0.25, 0.3) is 0 Å². The van der Waals surface area contributed by atoms with Gasteiger partial charge in [-0.3, -0.25) is 0 Å². The maximum absolute atomic E-state index is 5.87. The molecule has 78 valence electrons. The molecule has 1 atom stereocenters. The maximum atomic E-state index is 5.87. The summed E-state index contributed by atoms with van der Waals surface area (Å²) in [5.41, 5.74) is 6.30. The van der Waals surface area contributed by atoms with Gasteiger partial charge in [0.2, 0.25) is 0 Å². The second-order valence-corrected chi connectivity index (χ2v) is 3.78. The van der Waals surface area contributed by atoms with Crippen molar-refractivity contribution in [1.82, 2.24) is 0 Å². The predicted octanol–water partition coefficient (Wildman–Crippen LogP) is 3.49. The van der Waals surface area contributed by atoms with Gasteiger partial charge in [-0.15, -0.1) is 0 Å². The molecule has 0 aliphatic rings. The van der Waals surface area contributed by atoms with E-state index in [0.717, 1.165) is 12.8 Å². The number of rotatable bonds is 4. The molecule has 0 heterocycles. The summed E-state index contributed by atoms with van der Waals surface area (Å²) in [5.74, 6) is 0.679. The third kappa shape index (κ3) is 2.81. The van der Waals surface area contributed by atoms with Gasteiger partial charge in [0.05, 0.1) is 16.8 Å². The lowest BCUT2D eigenvalue weighted by Gasteiger charge is -2.15. The Morgan fingerprint density at radius 2 is 2.21 bits per heavy atom. The van der Waals surface area contributed by atoms with Crippen molar-refractivity contribution in [2.24, 2.45) is 0 Å². The molecule has 14 heavy (non-hydrogen) atoms. The van der Waals surface area contributed by atoms with E-state index < -0.39 is 0 Å². The molecule has 0 aromatic heterocycles. The van der Waals surface area contributed by atoms with Crippen molar-refractivity contribution in [2.45, 2.75) is 32.8 Å². The van der Waals surface area contributed by atoms with Crippen LogP contribution in [0.15, 0.2) is 18.2 Å². The Balaban J connectivity index is 2.71. The molecule has 0 saturated heterocycles. The zero-order valence-electron chi connectivity index (χ0n) is 8.59. The quantitative estimate of drug-likeness (QED) is 0.778. The lowest BCUT2D eigenvalue weighted by Crippen LogP contribution is -2.12. The largest absolute Gasteiger partial charge is 0.489 e. The van der Waals surface area contributed by atoms with Crippen LogP contribution in [-0.2, 0) is 0 Å². The molecule has 0 bridgehead atoms. The number of hydrogen-bond acceptors (Lipinski definition) is 2. The Bertz CT molecular complexity index is 301. The van der Waals surface area contributed by atoms with Gasteiger partial charge in [0.15, 0.2) is 0 Å². The number of benzene rings is 1. The number of hydrogen-bond donors (Lipinski definition) is 1. The molecule has 2 N–H and O–H groups in total. The standard InChI is InChI=1S/C11H16ClNO/c1-3-5-8(2)14-10-7-4-6-9(12)11(10)13/h4,6-8H,3,5,13H2,1-2H3. The Kier molecular flexibility index (Phi) is 4.08. The number of nitrogen functional groups attached to an aromatic ring is 1. The van der Waals surface area contributed by atoms with Crippen molar-refractivity contribution in [1.29, 1.82) is 0 Å². The third-order valence-electron chi connectivity index (χ3n) is 2.04. The molecule has 0 aliphatic heterocycles. The van der Waals surface area contributed by atoms with Crippen molar-refractivity contribution in [3.63, 3.8) is 0 Å². The van der Waals surface area contributed by atoms with Crippen molar-refractivity contribution >= 4 is 17.3 Å². The summed E-state index contributed by atoms with van der Waals surface area (Å²) in [6.07, 6.45) is 2.30. The molecule has 0 spiro atoms. The van der Waals surface area contributed by atoms with E-state index in [2.05, 4.69) is 6.92 Å². The molecule has 0 amide bonds. The summed E-state index contributed by atoms with van der Waals surface area (Å²) in [5, 5.41) is 0.547. The highest BCUT2D eigenvalue weighted by Gasteiger charge is 2.07. The van der Waals surface area contributed by atoms with Crippen LogP contribution in [0, 0.1) is 0 Å². The highest BCUT2D eigenvalue weighted by molar-refractivity contribution is 6.33. The van der Waals surface area contributed by atoms with Crippen LogP contribution in [0.3, 0.4) is 0 Å². The fourth-order valence-corrected chi connectivity index (χ4v) is 1.47. The van der Waals surface area contributed by atoms with E-state index in [9.17, 15) is 0 Å². The van der Waals surface area contributed by atoms with Crippen LogP contribution >= 0.6 is 11.6 Å². The number of nitrogens with two attached hydrogens (primary N) is 1. The fraction of sp³-hybridized carbons (Fsp3) is 0.455. The Morgan fingerprint density at radius 1 is 1.50 bits per heavy atom. The second kappa shape index (κ2) is 5.11. The van der Waals surface area contributed by atoms with Crippen LogP contribution in [0.4, 0.5) is 5.69 Å². The van der Waals surface area contributed by atoms with Crippen molar-refractivity contribution in [3.8, 4) is 5.75 Å². The van der Waals surface area contributed by atoms with Gasteiger partial charge in [0.1, 0.15) is 5.75 Å². The molecule has 0 aliphatic carbocycles. The van der Waals surface area contributed by atoms with E-state index in [-0.39, 0.29) is 6.10 Å². The molecule has 3 heteroatoms. The van der Waals surface area contributed by atoms with Gasteiger partial charge in [-0.1, -0.05) is 31.0 Å². The molecule has 0 fully saturated rings. The minimum absolute atomic E-state index is 0.181. The SMILES string of the molecule is CCCC(C)Oc1cccc(Cl)c1N. The Morgan fingerprint density at radius 3 is 2.86 bits per heavy atom.